The first-order chi connectivity index (χ1) is 9.72. The van der Waals surface area contributed by atoms with Crippen LogP contribution in [0.4, 0.5) is 5.69 Å². The summed E-state index contributed by atoms with van der Waals surface area (Å²) in [5.41, 5.74) is 8.63. The average Bonchev–Trinajstić information content (AvgIpc) is 2.82. The summed E-state index contributed by atoms with van der Waals surface area (Å²) in [5, 5.41) is 8.38. The van der Waals surface area contributed by atoms with Crippen LogP contribution in [0.3, 0.4) is 0 Å². The normalized spacial score (nSPS) is 11.3. The topological polar surface area (TPSA) is 59.5 Å². The summed E-state index contributed by atoms with van der Waals surface area (Å²) in [6.45, 7) is 1.59. The maximum Gasteiger partial charge on any atom is 0.160 e. The van der Waals surface area contributed by atoms with E-state index in [0.717, 1.165) is 24.6 Å². The number of anilines is 1. The second-order valence-corrected chi connectivity index (χ2v) is 4.96. The van der Waals surface area contributed by atoms with E-state index in [-0.39, 0.29) is 0 Å². The van der Waals surface area contributed by atoms with Crippen LogP contribution in [-0.2, 0) is 13.1 Å². The van der Waals surface area contributed by atoms with E-state index in [2.05, 4.69) is 46.4 Å². The summed E-state index contributed by atoms with van der Waals surface area (Å²) in [5.74, 6) is 0.894. The molecule has 0 atom stereocenters. The van der Waals surface area contributed by atoms with Gasteiger partial charge in [-0.3, -0.25) is 9.30 Å². The van der Waals surface area contributed by atoms with Gasteiger partial charge in [0.25, 0.3) is 0 Å². The Morgan fingerprint density at radius 3 is 2.65 bits per heavy atom. The zero-order chi connectivity index (χ0) is 13.9. The van der Waals surface area contributed by atoms with Gasteiger partial charge in [-0.15, -0.1) is 10.2 Å². The maximum absolute atomic E-state index is 5.82. The Labute approximate surface area is 117 Å². The van der Waals surface area contributed by atoms with Gasteiger partial charge < -0.3 is 5.73 Å². The highest BCUT2D eigenvalue weighted by Crippen LogP contribution is 2.11. The third kappa shape index (κ3) is 2.62. The Bertz CT molecular complexity index is 705. The number of hydrogen-bond donors (Lipinski definition) is 1. The molecule has 102 valence electrons. The average molecular weight is 267 g/mol. The molecular formula is C15H17N5. The second-order valence-electron chi connectivity index (χ2n) is 4.96. The summed E-state index contributed by atoms with van der Waals surface area (Å²) in [7, 11) is 2.07. The van der Waals surface area contributed by atoms with Crippen LogP contribution in [0.5, 0.6) is 0 Å². The molecule has 1 aromatic carbocycles. The van der Waals surface area contributed by atoms with Crippen molar-refractivity contribution in [3.8, 4) is 0 Å². The van der Waals surface area contributed by atoms with Crippen molar-refractivity contribution in [2.45, 2.75) is 13.1 Å². The predicted octanol–water partition coefficient (Wildman–Crippen LogP) is 1.94. The van der Waals surface area contributed by atoms with Gasteiger partial charge in [0.1, 0.15) is 0 Å². The minimum Gasteiger partial charge on any atom is -0.398 e. The number of pyridine rings is 1. The molecule has 0 fully saturated rings. The summed E-state index contributed by atoms with van der Waals surface area (Å²) >= 11 is 0. The van der Waals surface area contributed by atoms with E-state index >= 15 is 0 Å². The molecule has 2 heterocycles. The Balaban J connectivity index is 1.77. The molecule has 3 rings (SSSR count). The standard InChI is InChI=1S/C15H17N5/c1-19(9-12-5-3-2-4-6-12)11-15-18-17-14-8-7-13(16)10-20(14)15/h2-8,10H,9,11,16H2,1H3. The molecule has 0 aliphatic rings. The molecule has 0 aliphatic heterocycles. The molecular weight excluding hydrogens is 250 g/mol. The Kier molecular flexibility index (Phi) is 3.35. The molecule has 0 saturated heterocycles. The lowest BCUT2D eigenvalue weighted by Gasteiger charge is -2.15. The van der Waals surface area contributed by atoms with Crippen LogP contribution in [0.2, 0.25) is 0 Å². The Morgan fingerprint density at radius 1 is 1.05 bits per heavy atom. The van der Waals surface area contributed by atoms with Gasteiger partial charge in [0, 0.05) is 18.4 Å². The molecule has 0 spiro atoms. The zero-order valence-corrected chi connectivity index (χ0v) is 11.4. The van der Waals surface area contributed by atoms with Crippen molar-refractivity contribution in [2.24, 2.45) is 0 Å². The van der Waals surface area contributed by atoms with E-state index < -0.39 is 0 Å². The van der Waals surface area contributed by atoms with Gasteiger partial charge in [0.15, 0.2) is 11.5 Å². The van der Waals surface area contributed by atoms with E-state index in [4.69, 9.17) is 5.73 Å². The molecule has 0 amide bonds. The van der Waals surface area contributed by atoms with Crippen LogP contribution in [-0.4, -0.2) is 26.5 Å². The minimum absolute atomic E-state index is 0.712. The first-order valence-corrected chi connectivity index (χ1v) is 6.54. The molecule has 0 radical (unpaired) electrons. The van der Waals surface area contributed by atoms with Crippen molar-refractivity contribution in [3.05, 3.63) is 60.0 Å². The third-order valence-corrected chi connectivity index (χ3v) is 3.20. The summed E-state index contributed by atoms with van der Waals surface area (Å²) in [6.07, 6.45) is 1.86. The highest BCUT2D eigenvalue weighted by atomic mass is 15.3. The molecule has 0 aliphatic carbocycles. The van der Waals surface area contributed by atoms with Crippen LogP contribution in [0.25, 0.3) is 5.65 Å². The quantitative estimate of drug-likeness (QED) is 0.785. The number of benzene rings is 1. The van der Waals surface area contributed by atoms with E-state index in [9.17, 15) is 0 Å². The van der Waals surface area contributed by atoms with Crippen molar-refractivity contribution < 1.29 is 0 Å². The van der Waals surface area contributed by atoms with Gasteiger partial charge in [-0.25, -0.2) is 0 Å². The fourth-order valence-electron chi connectivity index (χ4n) is 2.25. The monoisotopic (exact) mass is 267 g/mol. The largest absolute Gasteiger partial charge is 0.398 e. The number of rotatable bonds is 4. The van der Waals surface area contributed by atoms with Gasteiger partial charge in [0.05, 0.1) is 6.54 Å². The molecule has 5 heteroatoms. The van der Waals surface area contributed by atoms with Crippen molar-refractivity contribution >= 4 is 11.3 Å². The van der Waals surface area contributed by atoms with E-state index in [1.807, 2.05) is 28.8 Å². The molecule has 3 aromatic rings. The second kappa shape index (κ2) is 5.30. The van der Waals surface area contributed by atoms with E-state index in [1.165, 1.54) is 5.56 Å². The van der Waals surface area contributed by atoms with Gasteiger partial charge in [0.2, 0.25) is 0 Å². The van der Waals surface area contributed by atoms with Crippen LogP contribution in [0, 0.1) is 0 Å². The first kappa shape index (κ1) is 12.6. The van der Waals surface area contributed by atoms with Crippen molar-refractivity contribution in [1.29, 1.82) is 0 Å². The van der Waals surface area contributed by atoms with Crippen molar-refractivity contribution in [2.75, 3.05) is 12.8 Å². The highest BCUT2D eigenvalue weighted by Gasteiger charge is 2.08. The van der Waals surface area contributed by atoms with Crippen molar-refractivity contribution in [3.63, 3.8) is 0 Å². The number of nitrogens with two attached hydrogens (primary N) is 1. The number of fused-ring (bicyclic) bond motifs is 1. The SMILES string of the molecule is CN(Cc1ccccc1)Cc1nnc2ccc(N)cn12. The first-order valence-electron chi connectivity index (χ1n) is 6.54. The smallest absolute Gasteiger partial charge is 0.160 e. The number of nitrogens with zero attached hydrogens (tertiary/aromatic N) is 4. The van der Waals surface area contributed by atoms with Gasteiger partial charge >= 0.3 is 0 Å². The summed E-state index contributed by atoms with van der Waals surface area (Å²) < 4.78 is 1.94. The third-order valence-electron chi connectivity index (χ3n) is 3.20. The Morgan fingerprint density at radius 2 is 1.85 bits per heavy atom. The predicted molar refractivity (Wildman–Crippen MR) is 79.0 cm³/mol. The number of aromatic nitrogens is 3. The van der Waals surface area contributed by atoms with E-state index in [0.29, 0.717) is 5.69 Å². The van der Waals surface area contributed by atoms with Crippen molar-refractivity contribution in [1.82, 2.24) is 19.5 Å². The molecule has 5 nitrogen and oxygen atoms in total. The zero-order valence-electron chi connectivity index (χ0n) is 11.4. The van der Waals surface area contributed by atoms with Crippen LogP contribution in [0.15, 0.2) is 48.7 Å². The number of nitrogen functional groups attached to an aromatic ring is 1. The van der Waals surface area contributed by atoms with Gasteiger partial charge in [-0.05, 0) is 24.7 Å². The maximum atomic E-state index is 5.82. The molecule has 2 N–H and O–H groups in total. The summed E-state index contributed by atoms with van der Waals surface area (Å²) in [6, 6.07) is 14.1. The highest BCUT2D eigenvalue weighted by molar-refractivity contribution is 5.47. The molecule has 2 aromatic heterocycles. The molecule has 0 bridgehead atoms. The lowest BCUT2D eigenvalue weighted by atomic mass is 10.2. The van der Waals surface area contributed by atoms with Crippen LogP contribution >= 0.6 is 0 Å². The number of hydrogen-bond acceptors (Lipinski definition) is 4. The lowest BCUT2D eigenvalue weighted by molar-refractivity contribution is 0.309. The van der Waals surface area contributed by atoms with Crippen LogP contribution < -0.4 is 5.73 Å². The minimum atomic E-state index is 0.712. The molecule has 0 saturated carbocycles. The van der Waals surface area contributed by atoms with Gasteiger partial charge in [-0.1, -0.05) is 30.3 Å². The van der Waals surface area contributed by atoms with E-state index in [1.54, 1.807) is 0 Å². The summed E-state index contributed by atoms with van der Waals surface area (Å²) in [4.78, 5) is 2.20. The molecule has 20 heavy (non-hydrogen) atoms. The van der Waals surface area contributed by atoms with Crippen LogP contribution in [0.1, 0.15) is 11.4 Å². The fourth-order valence-corrected chi connectivity index (χ4v) is 2.25. The van der Waals surface area contributed by atoms with Gasteiger partial charge in [-0.2, -0.15) is 0 Å². The Hall–Kier alpha value is -2.40. The molecule has 0 unspecified atom stereocenters. The fraction of sp³-hybridized carbons (Fsp3) is 0.200. The lowest BCUT2D eigenvalue weighted by Crippen LogP contribution is -2.19.